The first-order valence-electron chi connectivity index (χ1n) is 7.45. The number of hydrogen-bond donors (Lipinski definition) is 1. The summed E-state index contributed by atoms with van der Waals surface area (Å²) in [4.78, 5) is 17.0. The number of aliphatic imine (C=N–C) groups is 1. The Labute approximate surface area is 135 Å². The molecule has 1 aliphatic heterocycles. The number of ketones is 1. The third kappa shape index (κ3) is 2.94. The van der Waals surface area contributed by atoms with Gasteiger partial charge in [0, 0.05) is 17.2 Å². The Hall–Kier alpha value is -2.72. The maximum absolute atomic E-state index is 12.4. The number of amidine groups is 1. The van der Waals surface area contributed by atoms with Crippen molar-refractivity contribution in [3.05, 3.63) is 83.6 Å². The molecule has 2 aromatic carbocycles. The lowest BCUT2D eigenvalue weighted by Gasteiger charge is -2.20. The standard InChI is InChI=1S/C19H18N2O2/c1-19(2)17(13-16(22)14-9-5-3-6-10-14)21(23)18(20-19)15-11-7-4-8-12-15/h3-13,23H,1-2H3/b17-13-. The largest absolute Gasteiger partial charge is 0.289 e. The normalized spacial score (nSPS) is 18.1. The third-order valence-corrected chi connectivity index (χ3v) is 3.80. The van der Waals surface area contributed by atoms with E-state index in [4.69, 9.17) is 0 Å². The number of nitrogens with zero attached hydrogens (tertiary/aromatic N) is 2. The molecule has 2 aromatic rings. The van der Waals surface area contributed by atoms with E-state index in [2.05, 4.69) is 4.99 Å². The number of hydroxylamine groups is 2. The first-order chi connectivity index (χ1) is 11.0. The van der Waals surface area contributed by atoms with Gasteiger partial charge >= 0.3 is 0 Å². The molecule has 0 spiro atoms. The van der Waals surface area contributed by atoms with Gasteiger partial charge in [0.25, 0.3) is 0 Å². The van der Waals surface area contributed by atoms with Crippen LogP contribution in [0, 0.1) is 0 Å². The summed E-state index contributed by atoms with van der Waals surface area (Å²) in [6, 6.07) is 18.4. The van der Waals surface area contributed by atoms with Crippen molar-refractivity contribution < 1.29 is 10.0 Å². The maximum atomic E-state index is 12.4. The first kappa shape index (κ1) is 15.2. The SMILES string of the molecule is CC1(C)N=C(c2ccccc2)N(O)/C1=C\C(=O)c1ccccc1. The molecule has 0 saturated carbocycles. The van der Waals surface area contributed by atoms with Crippen molar-refractivity contribution in [1.82, 2.24) is 5.06 Å². The van der Waals surface area contributed by atoms with Crippen LogP contribution in [0.2, 0.25) is 0 Å². The summed E-state index contributed by atoms with van der Waals surface area (Å²) in [6.45, 7) is 3.74. The molecule has 1 N–H and O–H groups in total. The monoisotopic (exact) mass is 306 g/mol. The van der Waals surface area contributed by atoms with Gasteiger partial charge in [0.05, 0.1) is 5.70 Å². The molecule has 0 saturated heterocycles. The van der Waals surface area contributed by atoms with Crippen LogP contribution in [0.3, 0.4) is 0 Å². The van der Waals surface area contributed by atoms with Crippen molar-refractivity contribution in [2.45, 2.75) is 19.4 Å². The van der Waals surface area contributed by atoms with Gasteiger partial charge in [-0.1, -0.05) is 60.7 Å². The topological polar surface area (TPSA) is 52.9 Å². The van der Waals surface area contributed by atoms with Crippen molar-refractivity contribution in [3.63, 3.8) is 0 Å². The van der Waals surface area contributed by atoms with E-state index in [0.29, 0.717) is 17.1 Å². The zero-order chi connectivity index (χ0) is 16.4. The van der Waals surface area contributed by atoms with E-state index in [-0.39, 0.29) is 5.78 Å². The predicted octanol–water partition coefficient (Wildman–Crippen LogP) is 3.68. The smallest absolute Gasteiger partial charge is 0.187 e. The Bertz CT molecular complexity index is 778. The van der Waals surface area contributed by atoms with Crippen LogP contribution in [-0.4, -0.2) is 27.4 Å². The summed E-state index contributed by atoms with van der Waals surface area (Å²) in [5, 5.41) is 11.5. The first-order valence-corrected chi connectivity index (χ1v) is 7.45. The highest BCUT2D eigenvalue weighted by Gasteiger charge is 2.37. The number of carbonyl (C=O) groups is 1. The summed E-state index contributed by atoms with van der Waals surface area (Å²) in [5.74, 6) is 0.292. The van der Waals surface area contributed by atoms with Gasteiger partial charge in [-0.25, -0.2) is 5.06 Å². The number of benzene rings is 2. The quantitative estimate of drug-likeness (QED) is 0.695. The summed E-state index contributed by atoms with van der Waals surface area (Å²) in [5.41, 5.74) is 1.17. The summed E-state index contributed by atoms with van der Waals surface area (Å²) in [6.07, 6.45) is 1.45. The second-order valence-corrected chi connectivity index (χ2v) is 5.93. The summed E-state index contributed by atoms with van der Waals surface area (Å²) >= 11 is 0. The van der Waals surface area contributed by atoms with Crippen LogP contribution in [0.25, 0.3) is 0 Å². The lowest BCUT2D eigenvalue weighted by Crippen LogP contribution is -2.28. The Morgan fingerprint density at radius 1 is 1.04 bits per heavy atom. The Balaban J connectivity index is 1.96. The lowest BCUT2D eigenvalue weighted by atomic mass is 10.00. The summed E-state index contributed by atoms with van der Waals surface area (Å²) in [7, 11) is 0. The van der Waals surface area contributed by atoms with Gasteiger partial charge in [-0.2, -0.15) is 0 Å². The fraction of sp³-hybridized carbons (Fsp3) is 0.158. The average Bonchev–Trinajstić information content (AvgIpc) is 2.80. The summed E-state index contributed by atoms with van der Waals surface area (Å²) < 4.78 is 0. The zero-order valence-electron chi connectivity index (χ0n) is 13.1. The highest BCUT2D eigenvalue weighted by atomic mass is 16.5. The second kappa shape index (κ2) is 5.82. The Morgan fingerprint density at radius 3 is 2.22 bits per heavy atom. The van der Waals surface area contributed by atoms with Crippen LogP contribution >= 0.6 is 0 Å². The van der Waals surface area contributed by atoms with E-state index < -0.39 is 5.54 Å². The van der Waals surface area contributed by atoms with Crippen LogP contribution < -0.4 is 0 Å². The second-order valence-electron chi connectivity index (χ2n) is 5.93. The minimum atomic E-state index is -0.676. The highest BCUT2D eigenvalue weighted by Crippen LogP contribution is 2.32. The van der Waals surface area contributed by atoms with Gasteiger partial charge in [-0.15, -0.1) is 0 Å². The molecule has 4 heteroatoms. The lowest BCUT2D eigenvalue weighted by molar-refractivity contribution is 0.0215. The van der Waals surface area contributed by atoms with Crippen LogP contribution in [0.5, 0.6) is 0 Å². The van der Waals surface area contributed by atoms with Crippen molar-refractivity contribution >= 4 is 11.6 Å². The average molecular weight is 306 g/mol. The van der Waals surface area contributed by atoms with Crippen LogP contribution in [-0.2, 0) is 0 Å². The number of rotatable bonds is 3. The van der Waals surface area contributed by atoms with Gasteiger partial charge in [-0.05, 0) is 13.8 Å². The fourth-order valence-electron chi connectivity index (χ4n) is 2.56. The molecule has 0 bridgehead atoms. The molecule has 116 valence electrons. The molecule has 1 aliphatic rings. The number of hydrogen-bond acceptors (Lipinski definition) is 4. The molecule has 23 heavy (non-hydrogen) atoms. The molecular formula is C19H18N2O2. The predicted molar refractivity (Wildman–Crippen MR) is 89.5 cm³/mol. The number of carbonyl (C=O) groups excluding carboxylic acids is 1. The fourth-order valence-corrected chi connectivity index (χ4v) is 2.56. The van der Waals surface area contributed by atoms with Crippen molar-refractivity contribution in [2.24, 2.45) is 4.99 Å². The number of allylic oxidation sites excluding steroid dienone is 1. The van der Waals surface area contributed by atoms with Gasteiger partial charge in [0.15, 0.2) is 11.6 Å². The molecule has 0 atom stereocenters. The molecule has 0 aliphatic carbocycles. The van der Waals surface area contributed by atoms with E-state index >= 15 is 0 Å². The molecule has 4 nitrogen and oxygen atoms in total. The Kier molecular flexibility index (Phi) is 3.84. The molecule has 0 aromatic heterocycles. The van der Waals surface area contributed by atoms with E-state index in [9.17, 15) is 10.0 Å². The minimum Gasteiger partial charge on any atom is -0.289 e. The van der Waals surface area contributed by atoms with E-state index in [1.54, 1.807) is 12.1 Å². The zero-order valence-corrected chi connectivity index (χ0v) is 13.1. The van der Waals surface area contributed by atoms with Crippen LogP contribution in [0.1, 0.15) is 29.8 Å². The Morgan fingerprint density at radius 2 is 1.61 bits per heavy atom. The van der Waals surface area contributed by atoms with Gasteiger partial charge in [0.2, 0.25) is 0 Å². The van der Waals surface area contributed by atoms with Gasteiger partial charge in [0.1, 0.15) is 5.54 Å². The van der Waals surface area contributed by atoms with Crippen LogP contribution in [0.15, 0.2) is 77.4 Å². The molecule has 0 radical (unpaired) electrons. The van der Waals surface area contributed by atoms with Gasteiger partial charge < -0.3 is 0 Å². The van der Waals surface area contributed by atoms with Crippen molar-refractivity contribution in [1.29, 1.82) is 0 Å². The molecule has 0 amide bonds. The van der Waals surface area contributed by atoms with E-state index in [0.717, 1.165) is 10.6 Å². The van der Waals surface area contributed by atoms with E-state index in [1.807, 2.05) is 62.4 Å². The maximum Gasteiger partial charge on any atom is 0.187 e. The molecule has 0 fully saturated rings. The molecule has 1 heterocycles. The minimum absolute atomic E-state index is 0.155. The third-order valence-electron chi connectivity index (χ3n) is 3.80. The molecule has 3 rings (SSSR count). The van der Waals surface area contributed by atoms with Crippen molar-refractivity contribution in [2.75, 3.05) is 0 Å². The van der Waals surface area contributed by atoms with Crippen LogP contribution in [0.4, 0.5) is 0 Å². The molecule has 0 unspecified atom stereocenters. The molecular weight excluding hydrogens is 288 g/mol. The van der Waals surface area contributed by atoms with Crippen molar-refractivity contribution in [3.8, 4) is 0 Å². The van der Waals surface area contributed by atoms with E-state index in [1.165, 1.54) is 6.08 Å². The van der Waals surface area contributed by atoms with Gasteiger partial charge in [-0.3, -0.25) is 15.0 Å². The highest BCUT2D eigenvalue weighted by molar-refractivity contribution is 6.07.